The van der Waals surface area contributed by atoms with Crippen LogP contribution in [0, 0.1) is 0 Å². The number of hydrogen-bond donors (Lipinski definition) is 0. The molecule has 0 aromatic heterocycles. The molecule has 0 fully saturated rings. The van der Waals surface area contributed by atoms with Gasteiger partial charge in [0.05, 0.1) is 5.56 Å². The third kappa shape index (κ3) is 7.88. The van der Waals surface area contributed by atoms with Gasteiger partial charge in [-0.25, -0.2) is 4.79 Å². The fourth-order valence-corrected chi connectivity index (χ4v) is 2.34. The summed E-state index contributed by atoms with van der Waals surface area (Å²) in [6, 6.07) is 9.83. The lowest BCUT2D eigenvalue weighted by Gasteiger charge is -2.14. The molecule has 2 aromatic rings. The summed E-state index contributed by atoms with van der Waals surface area (Å²) < 4.78 is 60.3. The number of rotatable bonds is 9. The summed E-state index contributed by atoms with van der Waals surface area (Å²) in [6.45, 7) is 6.46. The van der Waals surface area contributed by atoms with Gasteiger partial charge in [0.25, 0.3) is 0 Å². The molecule has 0 heterocycles. The molecule has 0 amide bonds. The molecule has 0 bridgehead atoms. The first kappa shape index (κ1) is 25.3. The van der Waals surface area contributed by atoms with Crippen LogP contribution in [0.2, 0.25) is 0 Å². The molecule has 9 heteroatoms. The van der Waals surface area contributed by atoms with E-state index in [-0.39, 0.29) is 12.0 Å². The van der Waals surface area contributed by atoms with Crippen molar-refractivity contribution in [3.63, 3.8) is 0 Å². The average molecular weight is 462 g/mol. The Balaban J connectivity index is 2.14. The van der Waals surface area contributed by atoms with Crippen molar-refractivity contribution in [3.05, 3.63) is 85.2 Å². The van der Waals surface area contributed by atoms with Crippen molar-refractivity contribution in [2.24, 2.45) is 0 Å². The highest BCUT2D eigenvalue weighted by atomic mass is 19.4. The Morgan fingerprint density at radius 1 is 0.909 bits per heavy atom. The summed E-state index contributed by atoms with van der Waals surface area (Å²) in [5.74, 6) is -1.21. The molecule has 0 aliphatic carbocycles. The summed E-state index contributed by atoms with van der Waals surface area (Å²) in [5.41, 5.74) is -0.0673. The highest BCUT2D eigenvalue weighted by Crippen LogP contribution is 2.39. The van der Waals surface area contributed by atoms with Gasteiger partial charge in [0, 0.05) is 12.0 Å². The molecular formula is C24H21F3O6. The zero-order valence-corrected chi connectivity index (χ0v) is 17.8. The van der Waals surface area contributed by atoms with Crippen LogP contribution in [-0.4, -0.2) is 11.9 Å². The molecule has 174 valence electrons. The van der Waals surface area contributed by atoms with Crippen LogP contribution in [-0.2, 0) is 25.2 Å². The molecule has 6 nitrogen and oxygen atoms in total. The van der Waals surface area contributed by atoms with Gasteiger partial charge in [-0.15, -0.1) is 0 Å². The van der Waals surface area contributed by atoms with Gasteiger partial charge in [-0.1, -0.05) is 31.7 Å². The molecular weight excluding hydrogens is 441 g/mol. The lowest BCUT2D eigenvalue weighted by molar-refractivity contribution is -0.139. The molecule has 0 spiro atoms. The van der Waals surface area contributed by atoms with E-state index in [4.69, 9.17) is 14.2 Å². The maximum absolute atomic E-state index is 13.5. The number of carbonyl (C=O) groups is 2. The van der Waals surface area contributed by atoms with Crippen molar-refractivity contribution in [2.45, 2.75) is 26.4 Å². The molecule has 0 atom stereocenters. The van der Waals surface area contributed by atoms with E-state index in [1.807, 2.05) is 0 Å². The molecule has 0 unspecified atom stereocenters. The second kappa shape index (κ2) is 11.6. The molecule has 0 saturated carbocycles. The topological polar surface area (TPSA) is 71.1 Å². The fraction of sp³-hybridized carbons (Fsp3) is 0.167. The van der Waals surface area contributed by atoms with Gasteiger partial charge >= 0.3 is 18.1 Å². The zero-order valence-electron chi connectivity index (χ0n) is 17.8. The highest BCUT2D eigenvalue weighted by Gasteiger charge is 2.34. The second-order valence-electron chi connectivity index (χ2n) is 6.54. The van der Waals surface area contributed by atoms with Gasteiger partial charge in [0.15, 0.2) is 0 Å². The van der Waals surface area contributed by atoms with Crippen LogP contribution >= 0.6 is 0 Å². The van der Waals surface area contributed by atoms with Crippen molar-refractivity contribution >= 4 is 11.9 Å². The molecule has 0 saturated heterocycles. The SMILES string of the molecule is C=C(C)C(=O)O/C=C\Oc1ccc(-c2ccc(O/C=C\OC(=O)CC)cc2)cc1C(F)(F)F. The van der Waals surface area contributed by atoms with Crippen molar-refractivity contribution in [2.75, 3.05) is 0 Å². The number of alkyl halides is 3. The average Bonchev–Trinajstić information content (AvgIpc) is 2.79. The van der Waals surface area contributed by atoms with Gasteiger partial charge in [0.1, 0.15) is 36.5 Å². The molecule has 0 aliphatic heterocycles. The van der Waals surface area contributed by atoms with Crippen LogP contribution in [0.1, 0.15) is 25.8 Å². The molecule has 2 aromatic carbocycles. The van der Waals surface area contributed by atoms with E-state index in [1.165, 1.54) is 19.3 Å². The van der Waals surface area contributed by atoms with Crippen LogP contribution < -0.4 is 9.47 Å². The maximum atomic E-state index is 13.5. The second-order valence-corrected chi connectivity index (χ2v) is 6.54. The van der Waals surface area contributed by atoms with Crippen LogP contribution in [0.25, 0.3) is 11.1 Å². The summed E-state index contributed by atoms with van der Waals surface area (Å²) in [4.78, 5) is 22.3. The number of benzene rings is 2. The minimum absolute atomic E-state index is 0.132. The Bertz CT molecular complexity index is 1050. The Labute approximate surface area is 188 Å². The highest BCUT2D eigenvalue weighted by molar-refractivity contribution is 5.87. The Morgan fingerprint density at radius 2 is 1.52 bits per heavy atom. The molecule has 33 heavy (non-hydrogen) atoms. The van der Waals surface area contributed by atoms with Gasteiger partial charge < -0.3 is 18.9 Å². The van der Waals surface area contributed by atoms with Gasteiger partial charge in [-0.05, 0) is 42.3 Å². The first-order valence-electron chi connectivity index (χ1n) is 9.62. The normalized spacial score (nSPS) is 11.4. The Hall–Kier alpha value is -4.01. The van der Waals surface area contributed by atoms with Gasteiger partial charge in [0.2, 0.25) is 0 Å². The zero-order chi connectivity index (χ0) is 24.4. The first-order chi connectivity index (χ1) is 15.6. The monoisotopic (exact) mass is 462 g/mol. The third-order valence-electron chi connectivity index (χ3n) is 3.99. The standard InChI is InChI=1S/C24H21F3O6/c1-4-22(28)32-13-11-30-19-8-5-17(6-9-19)18-7-10-21(20(15-18)24(25,26)27)31-12-14-33-23(29)16(2)3/h5-15H,2,4H2,1,3H3/b13-11-,14-12-. The van der Waals surface area contributed by atoms with E-state index in [0.29, 0.717) is 16.9 Å². The lowest BCUT2D eigenvalue weighted by atomic mass is 10.0. The van der Waals surface area contributed by atoms with E-state index in [9.17, 15) is 22.8 Å². The molecule has 2 rings (SSSR count). The number of carbonyl (C=O) groups excluding carboxylic acids is 2. The summed E-state index contributed by atoms with van der Waals surface area (Å²) in [5, 5.41) is 0. The summed E-state index contributed by atoms with van der Waals surface area (Å²) >= 11 is 0. The predicted octanol–water partition coefficient (Wildman–Crippen LogP) is 6.14. The Morgan fingerprint density at radius 3 is 2.12 bits per heavy atom. The fourth-order valence-electron chi connectivity index (χ4n) is 2.34. The van der Waals surface area contributed by atoms with Crippen molar-refractivity contribution in [3.8, 4) is 22.6 Å². The third-order valence-corrected chi connectivity index (χ3v) is 3.99. The number of esters is 2. The van der Waals surface area contributed by atoms with E-state index in [0.717, 1.165) is 30.9 Å². The minimum atomic E-state index is -4.68. The first-order valence-corrected chi connectivity index (χ1v) is 9.62. The van der Waals surface area contributed by atoms with Crippen molar-refractivity contribution in [1.82, 2.24) is 0 Å². The minimum Gasteiger partial charge on any atom is -0.462 e. The van der Waals surface area contributed by atoms with Crippen molar-refractivity contribution < 1.29 is 41.7 Å². The Kier molecular flexibility index (Phi) is 8.85. The summed E-state index contributed by atoms with van der Waals surface area (Å²) in [6.07, 6.45) is -0.511. The molecule has 0 radical (unpaired) electrons. The van der Waals surface area contributed by atoms with Crippen LogP contribution in [0.5, 0.6) is 11.5 Å². The maximum Gasteiger partial charge on any atom is 0.420 e. The lowest BCUT2D eigenvalue weighted by Crippen LogP contribution is -2.07. The molecule has 0 N–H and O–H groups in total. The van der Waals surface area contributed by atoms with E-state index in [1.54, 1.807) is 31.2 Å². The largest absolute Gasteiger partial charge is 0.462 e. The quantitative estimate of drug-likeness (QED) is 0.253. The predicted molar refractivity (Wildman–Crippen MR) is 114 cm³/mol. The van der Waals surface area contributed by atoms with Crippen LogP contribution in [0.3, 0.4) is 0 Å². The van der Waals surface area contributed by atoms with E-state index >= 15 is 0 Å². The number of ether oxygens (including phenoxy) is 4. The van der Waals surface area contributed by atoms with Gasteiger partial charge in [-0.2, -0.15) is 13.2 Å². The van der Waals surface area contributed by atoms with Crippen molar-refractivity contribution in [1.29, 1.82) is 0 Å². The van der Waals surface area contributed by atoms with E-state index in [2.05, 4.69) is 11.3 Å². The number of halogens is 3. The smallest absolute Gasteiger partial charge is 0.420 e. The van der Waals surface area contributed by atoms with Crippen LogP contribution in [0.15, 0.2) is 79.7 Å². The summed E-state index contributed by atoms with van der Waals surface area (Å²) in [7, 11) is 0. The van der Waals surface area contributed by atoms with E-state index < -0.39 is 29.4 Å². The number of hydrogen-bond acceptors (Lipinski definition) is 6. The van der Waals surface area contributed by atoms with Crippen LogP contribution in [0.4, 0.5) is 13.2 Å². The van der Waals surface area contributed by atoms with Gasteiger partial charge in [-0.3, -0.25) is 4.79 Å². The molecule has 0 aliphatic rings.